The summed E-state index contributed by atoms with van der Waals surface area (Å²) < 4.78 is 1.02. The van der Waals surface area contributed by atoms with Crippen molar-refractivity contribution in [3.8, 4) is 5.69 Å². The summed E-state index contributed by atoms with van der Waals surface area (Å²) in [5.74, 6) is 0. The van der Waals surface area contributed by atoms with Gasteiger partial charge in [0.05, 0.1) is 5.69 Å². The molecule has 0 aliphatic rings. The molecule has 100 valence electrons. The van der Waals surface area contributed by atoms with Crippen LogP contribution in [0.4, 0.5) is 0 Å². The minimum atomic E-state index is -0.572. The van der Waals surface area contributed by atoms with E-state index in [0.29, 0.717) is 18.5 Å². The third kappa shape index (κ3) is 3.13. The van der Waals surface area contributed by atoms with E-state index < -0.39 is 11.2 Å². The molecule has 1 aromatic heterocycles. The van der Waals surface area contributed by atoms with Crippen molar-refractivity contribution in [3.05, 3.63) is 61.9 Å². The van der Waals surface area contributed by atoms with Gasteiger partial charge in [-0.25, -0.2) is 9.36 Å². The second-order valence-electron chi connectivity index (χ2n) is 4.09. The Hall–Kier alpha value is -1.85. The van der Waals surface area contributed by atoms with Gasteiger partial charge in [-0.05, 0) is 30.5 Å². The Kier molecular flexibility index (Phi) is 4.19. The molecule has 5 nitrogen and oxygen atoms in total. The largest absolute Gasteiger partial charge is 0.396 e. The normalized spacial score (nSPS) is 10.6. The number of aromatic amines is 1. The number of H-pyrrole nitrogens is 1. The van der Waals surface area contributed by atoms with Crippen LogP contribution in [-0.2, 0) is 6.42 Å². The van der Waals surface area contributed by atoms with Crippen LogP contribution >= 0.6 is 11.6 Å². The van der Waals surface area contributed by atoms with Gasteiger partial charge in [0.2, 0.25) is 0 Å². The van der Waals surface area contributed by atoms with Gasteiger partial charge in [0.25, 0.3) is 5.56 Å². The summed E-state index contributed by atoms with van der Waals surface area (Å²) in [4.78, 5) is 25.9. The van der Waals surface area contributed by atoms with E-state index in [1.807, 2.05) is 6.07 Å². The first-order valence-electron chi connectivity index (χ1n) is 5.84. The summed E-state index contributed by atoms with van der Waals surface area (Å²) in [7, 11) is 0. The summed E-state index contributed by atoms with van der Waals surface area (Å²) >= 11 is 5.61. The second-order valence-corrected chi connectivity index (χ2v) is 4.50. The molecule has 0 saturated heterocycles. The van der Waals surface area contributed by atoms with Crippen molar-refractivity contribution in [2.75, 3.05) is 6.61 Å². The molecule has 1 heterocycles. The van der Waals surface area contributed by atoms with Crippen LogP contribution in [0.25, 0.3) is 5.69 Å². The summed E-state index contributed by atoms with van der Waals surface area (Å²) in [5.41, 5.74) is 0.385. The van der Waals surface area contributed by atoms with Gasteiger partial charge in [-0.1, -0.05) is 23.7 Å². The lowest BCUT2D eigenvalue weighted by molar-refractivity contribution is 0.288. The highest BCUT2D eigenvalue weighted by Gasteiger charge is 2.06. The zero-order valence-electron chi connectivity index (χ0n) is 10.1. The molecule has 0 spiro atoms. The van der Waals surface area contributed by atoms with Crippen molar-refractivity contribution in [1.29, 1.82) is 0 Å². The molecule has 0 radical (unpaired) electrons. The average molecular weight is 281 g/mol. The molecule has 19 heavy (non-hydrogen) atoms. The van der Waals surface area contributed by atoms with E-state index in [1.165, 1.54) is 0 Å². The second kappa shape index (κ2) is 5.86. The number of nitrogens with one attached hydrogen (secondary N) is 1. The summed E-state index contributed by atoms with van der Waals surface area (Å²) in [6, 6.07) is 8.23. The average Bonchev–Trinajstić information content (AvgIpc) is 2.35. The first-order valence-corrected chi connectivity index (χ1v) is 6.21. The molecule has 0 aliphatic heterocycles. The van der Waals surface area contributed by atoms with Gasteiger partial charge in [-0.3, -0.25) is 9.78 Å². The molecule has 0 amide bonds. The Morgan fingerprint density at radius 2 is 2.05 bits per heavy atom. The third-order valence-electron chi connectivity index (χ3n) is 2.69. The number of halogens is 1. The van der Waals surface area contributed by atoms with Gasteiger partial charge in [0.1, 0.15) is 5.15 Å². The van der Waals surface area contributed by atoms with E-state index in [4.69, 9.17) is 16.7 Å². The summed E-state index contributed by atoms with van der Waals surface area (Å²) in [5, 5.41) is 8.82. The SMILES string of the molecule is O=c1cc(Cl)[nH]c(=O)n1-c1cccc(CCCO)c1. The Morgan fingerprint density at radius 1 is 1.26 bits per heavy atom. The lowest BCUT2D eigenvalue weighted by Gasteiger charge is -2.06. The fraction of sp³-hybridized carbons (Fsp3) is 0.231. The van der Waals surface area contributed by atoms with Crippen LogP contribution in [0, 0.1) is 0 Å². The standard InChI is InChI=1S/C13H13ClN2O3/c14-11-8-12(18)16(13(19)15-11)10-5-1-3-9(7-10)4-2-6-17/h1,3,5,7-8,17H,2,4,6H2,(H,15,19). The summed E-state index contributed by atoms with van der Waals surface area (Å²) in [6.07, 6.45) is 1.32. The molecular weight excluding hydrogens is 268 g/mol. The van der Waals surface area contributed by atoms with E-state index in [9.17, 15) is 9.59 Å². The summed E-state index contributed by atoms with van der Waals surface area (Å²) in [6.45, 7) is 0.103. The van der Waals surface area contributed by atoms with Crippen molar-refractivity contribution in [3.63, 3.8) is 0 Å². The van der Waals surface area contributed by atoms with Crippen LogP contribution in [0.1, 0.15) is 12.0 Å². The van der Waals surface area contributed by atoms with Crippen molar-refractivity contribution in [2.24, 2.45) is 0 Å². The Balaban J connectivity index is 2.48. The lowest BCUT2D eigenvalue weighted by Crippen LogP contribution is -2.32. The number of aliphatic hydroxyl groups is 1. The molecular formula is C13H13ClN2O3. The van der Waals surface area contributed by atoms with Gasteiger partial charge >= 0.3 is 5.69 Å². The van der Waals surface area contributed by atoms with Gasteiger partial charge in [0.15, 0.2) is 0 Å². The Bertz CT molecular complexity index is 660. The molecule has 1 aromatic carbocycles. The van der Waals surface area contributed by atoms with Gasteiger partial charge in [0, 0.05) is 12.7 Å². The third-order valence-corrected chi connectivity index (χ3v) is 2.90. The predicted molar refractivity (Wildman–Crippen MR) is 73.1 cm³/mol. The van der Waals surface area contributed by atoms with E-state index in [2.05, 4.69) is 4.98 Å². The molecule has 0 aliphatic carbocycles. The monoisotopic (exact) mass is 280 g/mol. The van der Waals surface area contributed by atoms with E-state index in [0.717, 1.165) is 16.2 Å². The van der Waals surface area contributed by atoms with Crippen LogP contribution in [0.5, 0.6) is 0 Å². The quantitative estimate of drug-likeness (QED) is 0.824. The zero-order valence-corrected chi connectivity index (χ0v) is 10.9. The molecule has 2 aromatic rings. The van der Waals surface area contributed by atoms with E-state index >= 15 is 0 Å². The molecule has 6 heteroatoms. The van der Waals surface area contributed by atoms with E-state index in [1.54, 1.807) is 18.2 Å². The fourth-order valence-electron chi connectivity index (χ4n) is 1.85. The molecule has 0 atom stereocenters. The maximum Gasteiger partial charge on any atom is 0.334 e. The maximum atomic E-state index is 11.8. The molecule has 0 unspecified atom stereocenters. The van der Waals surface area contributed by atoms with Crippen LogP contribution in [0.3, 0.4) is 0 Å². The number of nitrogens with zero attached hydrogens (tertiary/aromatic N) is 1. The minimum Gasteiger partial charge on any atom is -0.396 e. The fourth-order valence-corrected chi connectivity index (χ4v) is 2.02. The Labute approximate surface area is 114 Å². The first-order chi connectivity index (χ1) is 9.11. The number of rotatable bonds is 4. The number of aliphatic hydroxyl groups excluding tert-OH is 1. The van der Waals surface area contributed by atoms with Crippen LogP contribution in [0.2, 0.25) is 5.15 Å². The maximum absolute atomic E-state index is 11.8. The van der Waals surface area contributed by atoms with Crippen molar-refractivity contribution in [2.45, 2.75) is 12.8 Å². The van der Waals surface area contributed by atoms with Crippen molar-refractivity contribution in [1.82, 2.24) is 9.55 Å². The van der Waals surface area contributed by atoms with Crippen molar-refractivity contribution < 1.29 is 5.11 Å². The van der Waals surface area contributed by atoms with Crippen LogP contribution in [0.15, 0.2) is 39.9 Å². The van der Waals surface area contributed by atoms with Gasteiger partial charge in [-0.15, -0.1) is 0 Å². The lowest BCUT2D eigenvalue weighted by atomic mass is 10.1. The van der Waals surface area contributed by atoms with Crippen molar-refractivity contribution >= 4 is 11.6 Å². The highest BCUT2D eigenvalue weighted by molar-refractivity contribution is 6.29. The smallest absolute Gasteiger partial charge is 0.334 e. The highest BCUT2D eigenvalue weighted by Crippen LogP contribution is 2.09. The van der Waals surface area contributed by atoms with Crippen LogP contribution < -0.4 is 11.2 Å². The number of benzene rings is 1. The number of hydrogen-bond acceptors (Lipinski definition) is 3. The molecule has 0 fully saturated rings. The number of aromatic nitrogens is 2. The zero-order chi connectivity index (χ0) is 13.8. The van der Waals surface area contributed by atoms with Crippen LogP contribution in [-0.4, -0.2) is 21.3 Å². The van der Waals surface area contributed by atoms with Gasteiger partial charge in [-0.2, -0.15) is 0 Å². The van der Waals surface area contributed by atoms with Gasteiger partial charge < -0.3 is 5.11 Å². The number of hydrogen-bond donors (Lipinski definition) is 2. The van der Waals surface area contributed by atoms with E-state index in [-0.39, 0.29) is 11.8 Å². The molecule has 2 rings (SSSR count). The highest BCUT2D eigenvalue weighted by atomic mass is 35.5. The first kappa shape index (κ1) is 13.6. The molecule has 2 N–H and O–H groups in total. The Morgan fingerprint density at radius 3 is 2.74 bits per heavy atom. The predicted octanol–water partition coefficient (Wildman–Crippen LogP) is 1.10. The minimum absolute atomic E-state index is 0.0164. The topological polar surface area (TPSA) is 75.1 Å². The number of aryl methyl sites for hydroxylation is 1. The molecule has 0 saturated carbocycles. The molecule has 0 bridgehead atoms.